The molecule has 4 heteroatoms. The second-order valence-corrected chi connectivity index (χ2v) is 20.8. The van der Waals surface area contributed by atoms with Crippen molar-refractivity contribution in [1.29, 1.82) is 0 Å². The van der Waals surface area contributed by atoms with Crippen molar-refractivity contribution in [2.45, 2.75) is 85.3 Å². The predicted octanol–water partition coefficient (Wildman–Crippen LogP) is 18.0. The Morgan fingerprint density at radius 3 is 1.72 bits per heavy atom. The number of aryl methyl sites for hydroxylation is 1. The molecule has 0 radical (unpaired) electrons. The first-order chi connectivity index (χ1) is 37.7. The summed E-state index contributed by atoms with van der Waals surface area (Å²) in [6.45, 7) is 4.65. The maximum Gasteiger partial charge on any atom is 0.149 e. The first-order valence-electron chi connectivity index (χ1n) is 28.6. The van der Waals surface area contributed by atoms with Crippen LogP contribution in [0.2, 0.25) is 0 Å². The third-order valence-corrected chi connectivity index (χ3v) is 13.5. The zero-order valence-electron chi connectivity index (χ0n) is 50.3. The fourth-order valence-electron chi connectivity index (χ4n) is 9.48. The van der Waals surface area contributed by atoms with E-state index in [2.05, 4.69) is 132 Å². The summed E-state index contributed by atoms with van der Waals surface area (Å²) in [5.41, 5.74) is 12.1. The lowest BCUT2D eigenvalue weighted by molar-refractivity contribution is 0.446. The topological polar surface area (TPSA) is 50.9 Å². The molecule has 2 aromatic heterocycles. The molecule has 0 saturated heterocycles. The van der Waals surface area contributed by atoms with Crippen molar-refractivity contribution >= 4 is 11.0 Å². The molecule has 0 bridgehead atoms. The molecule has 1 N–H and O–H groups in total. The van der Waals surface area contributed by atoms with Gasteiger partial charge in [-0.3, -0.25) is 9.55 Å². The van der Waals surface area contributed by atoms with Gasteiger partial charge < -0.3 is 5.11 Å². The van der Waals surface area contributed by atoms with E-state index in [1.807, 2.05) is 91.1 Å². The van der Waals surface area contributed by atoms with Crippen molar-refractivity contribution in [2.24, 2.45) is 0 Å². The molecule has 10 rings (SSSR count). The summed E-state index contributed by atoms with van der Waals surface area (Å²) < 4.78 is 77.1. The van der Waals surface area contributed by atoms with Crippen LogP contribution in [0.5, 0.6) is 5.75 Å². The van der Waals surface area contributed by atoms with Gasteiger partial charge in [-0.1, -0.05) is 201 Å². The van der Waals surface area contributed by atoms with Crippen molar-refractivity contribution in [1.82, 2.24) is 14.5 Å². The Hall–Kier alpha value is -7.82. The molecule has 10 aromatic rings. The molecule has 0 spiro atoms. The van der Waals surface area contributed by atoms with E-state index in [1.165, 1.54) is 17.7 Å². The number of aromatic hydroxyl groups is 1. The smallest absolute Gasteiger partial charge is 0.149 e. The van der Waals surface area contributed by atoms with E-state index in [1.54, 1.807) is 12.1 Å². The zero-order chi connectivity index (χ0) is 57.3. The lowest BCUT2D eigenvalue weighted by Gasteiger charge is -2.27. The van der Waals surface area contributed by atoms with Gasteiger partial charge in [-0.05, 0) is 133 Å². The second kappa shape index (κ2) is 18.2. The minimum absolute atomic E-state index is 0.122. The highest BCUT2D eigenvalue weighted by molar-refractivity contribution is 5.99. The van der Waals surface area contributed by atoms with Crippen molar-refractivity contribution in [3.05, 3.63) is 217 Å². The van der Waals surface area contributed by atoms with Gasteiger partial charge in [-0.25, -0.2) is 4.98 Å². The summed E-state index contributed by atoms with van der Waals surface area (Å²) in [4.78, 5) is 10.6. The average molecular weight is 935 g/mol. The van der Waals surface area contributed by atoms with E-state index in [4.69, 9.17) is 22.3 Å². The minimum atomic E-state index is -3.40. The monoisotopic (exact) mass is 935 g/mol. The Bertz CT molecular complexity index is 3880. The minimum Gasteiger partial charge on any atom is -0.507 e. The molecule has 71 heavy (non-hydrogen) atoms. The van der Waals surface area contributed by atoms with Gasteiger partial charge in [0.2, 0.25) is 0 Å². The zero-order valence-corrected chi connectivity index (χ0v) is 41.3. The Morgan fingerprint density at radius 1 is 0.451 bits per heavy atom. The molecule has 0 unspecified atom stereocenters. The molecule has 4 nitrogen and oxygen atoms in total. The van der Waals surface area contributed by atoms with Gasteiger partial charge in [-0.15, -0.1) is 0 Å². The SMILES string of the molecule is [2H]C([2H])([2H])C(c1ccc(-c2ccc(-n3c(-c4cc(C(C)(C)C)cc(C(C)(C)C)c4O)nc4c(-c5cc(-c6ccccc6)cc(-c6cc(-c7ccc(C)cc7)ccn6)c5)cccc43)c(-c3ccccc3)c2)cc1)(C([2H])([2H])[2H])C([2H])([2H])[2H]. The fourth-order valence-corrected chi connectivity index (χ4v) is 9.48. The first-order valence-corrected chi connectivity index (χ1v) is 24.1. The van der Waals surface area contributed by atoms with Gasteiger partial charge in [0.1, 0.15) is 11.6 Å². The summed E-state index contributed by atoms with van der Waals surface area (Å²) in [7, 11) is 0. The summed E-state index contributed by atoms with van der Waals surface area (Å²) in [5.74, 6) is 0.634. The van der Waals surface area contributed by atoms with Gasteiger partial charge in [0.25, 0.3) is 0 Å². The highest BCUT2D eigenvalue weighted by atomic mass is 16.3. The number of aromatic nitrogens is 3. The lowest BCUT2D eigenvalue weighted by Crippen LogP contribution is -2.17. The molecule has 8 aromatic carbocycles. The second-order valence-electron chi connectivity index (χ2n) is 20.8. The van der Waals surface area contributed by atoms with Crippen LogP contribution in [0.1, 0.15) is 96.7 Å². The number of nitrogens with zero attached hydrogens (tertiary/aromatic N) is 3. The molecule has 0 aliphatic rings. The molecule has 2 heterocycles. The van der Waals surface area contributed by atoms with Crippen LogP contribution in [0.3, 0.4) is 0 Å². The number of phenols is 1. The Morgan fingerprint density at radius 2 is 1.06 bits per heavy atom. The van der Waals surface area contributed by atoms with E-state index in [-0.39, 0.29) is 16.7 Å². The van der Waals surface area contributed by atoms with Gasteiger partial charge in [0, 0.05) is 40.8 Å². The molecule has 352 valence electrons. The number of para-hydroxylation sites is 1. The Kier molecular flexibility index (Phi) is 9.49. The van der Waals surface area contributed by atoms with Crippen LogP contribution in [0.15, 0.2) is 194 Å². The number of hydrogen-bond acceptors (Lipinski definition) is 3. The first kappa shape index (κ1) is 37.1. The van der Waals surface area contributed by atoms with Crippen molar-refractivity contribution < 1.29 is 17.4 Å². The largest absolute Gasteiger partial charge is 0.507 e. The molecule has 0 fully saturated rings. The van der Waals surface area contributed by atoms with E-state index >= 15 is 0 Å². The van der Waals surface area contributed by atoms with E-state index in [9.17, 15) is 5.11 Å². The third-order valence-electron chi connectivity index (χ3n) is 13.5. The number of pyridine rings is 1. The summed E-state index contributed by atoms with van der Waals surface area (Å²) >= 11 is 0. The summed E-state index contributed by atoms with van der Waals surface area (Å²) in [6.07, 6.45) is 1.86. The third kappa shape index (κ3) is 9.35. The van der Waals surface area contributed by atoms with Crippen LogP contribution < -0.4 is 0 Å². The van der Waals surface area contributed by atoms with Crippen LogP contribution in [0.4, 0.5) is 0 Å². The van der Waals surface area contributed by atoms with Crippen LogP contribution >= 0.6 is 0 Å². The van der Waals surface area contributed by atoms with Crippen molar-refractivity contribution in [3.63, 3.8) is 0 Å². The molecule has 0 saturated carbocycles. The van der Waals surface area contributed by atoms with E-state index < -0.39 is 31.4 Å². The Balaban J connectivity index is 1.24. The predicted molar refractivity (Wildman–Crippen MR) is 299 cm³/mol. The Labute approximate surface area is 433 Å². The highest BCUT2D eigenvalue weighted by Crippen LogP contribution is 2.46. The van der Waals surface area contributed by atoms with Gasteiger partial charge in [0.05, 0.1) is 28.0 Å². The van der Waals surface area contributed by atoms with Gasteiger partial charge in [0.15, 0.2) is 0 Å². The quantitative estimate of drug-likeness (QED) is 0.165. The number of phenolic OH excluding ortho intramolecular Hbond substituents is 1. The van der Waals surface area contributed by atoms with E-state index in [0.717, 1.165) is 78.1 Å². The average Bonchev–Trinajstić information content (AvgIpc) is 3.83. The maximum absolute atomic E-state index is 12.7. The van der Waals surface area contributed by atoms with Crippen LogP contribution in [-0.4, -0.2) is 19.6 Å². The number of imidazole rings is 1. The van der Waals surface area contributed by atoms with Crippen LogP contribution in [0, 0.1) is 6.92 Å². The van der Waals surface area contributed by atoms with Gasteiger partial charge >= 0.3 is 0 Å². The standard InChI is InChI=1S/C67H63N3O/c1-43-24-26-45(27-25-43)49-34-35-68-59(40-49)52-37-50(44-18-13-11-14-19-44)36-51(38-52)55-22-17-23-61-62(55)69-64(57-41-54(66(5,6)7)42-58(63(57)71)67(8,9)10)70(61)60-33-30-48(39-56(60)47-20-15-12-16-21-47)46-28-31-53(32-29-46)65(2,3)4/h11-42,71H,1-10H3/i2D3,3D3,4D3. The molecule has 0 aliphatic heterocycles. The fraction of sp³-hybridized carbons (Fsp3) is 0.194. The molecular formula is C67H63N3O. The summed E-state index contributed by atoms with van der Waals surface area (Å²) in [6, 6.07) is 61.4. The molecule has 0 atom stereocenters. The van der Waals surface area contributed by atoms with Crippen LogP contribution in [-0.2, 0) is 16.2 Å². The van der Waals surface area contributed by atoms with Crippen molar-refractivity contribution in [2.75, 3.05) is 0 Å². The number of fused-ring (bicyclic) bond motifs is 1. The lowest BCUT2D eigenvalue weighted by atomic mass is 9.79. The van der Waals surface area contributed by atoms with E-state index in [0.29, 0.717) is 28.0 Å². The molecular weight excluding hydrogens is 863 g/mol. The molecule has 0 amide bonds. The summed E-state index contributed by atoms with van der Waals surface area (Å²) in [5, 5.41) is 12.7. The number of hydrogen-bond donors (Lipinski definition) is 1. The molecule has 0 aliphatic carbocycles. The van der Waals surface area contributed by atoms with Crippen LogP contribution in [0.25, 0.3) is 95.0 Å². The normalized spacial score (nSPS) is 14.5. The highest BCUT2D eigenvalue weighted by Gasteiger charge is 2.29. The van der Waals surface area contributed by atoms with Gasteiger partial charge in [-0.2, -0.15) is 0 Å². The number of benzene rings is 8. The maximum atomic E-state index is 12.7. The van der Waals surface area contributed by atoms with Crippen molar-refractivity contribution in [3.8, 4) is 89.7 Å². The number of rotatable bonds is 8.